The topological polar surface area (TPSA) is 66.4 Å². The molecular weight excluding hydrogens is 322 g/mol. The van der Waals surface area contributed by atoms with E-state index in [0.717, 1.165) is 10.0 Å². The maximum absolute atomic E-state index is 12.0. The molecule has 0 radical (unpaired) electrons. The number of aliphatic carboxylic acids is 1. The minimum atomic E-state index is -0.887. The third-order valence-corrected chi connectivity index (χ3v) is 3.74. The normalized spacial score (nSPS) is 12.8. The zero-order valence-corrected chi connectivity index (χ0v) is 13.5. The van der Waals surface area contributed by atoms with Gasteiger partial charge in [-0.3, -0.25) is 9.59 Å². The highest BCUT2D eigenvalue weighted by atomic mass is 79.9. The van der Waals surface area contributed by atoms with Crippen molar-refractivity contribution < 1.29 is 14.7 Å². The number of hydrogen-bond donors (Lipinski definition) is 2. The largest absolute Gasteiger partial charge is 0.481 e. The Labute approximate surface area is 127 Å². The van der Waals surface area contributed by atoms with Crippen LogP contribution in [0.3, 0.4) is 0 Å². The SMILES string of the molecule is CC(NC(=O)CC(C)(C)CC(=O)O)c1ccccc1Br. The number of carbonyl (C=O) groups is 2. The molecule has 1 rings (SSSR count). The Morgan fingerprint density at radius 3 is 2.45 bits per heavy atom. The first-order valence-corrected chi connectivity index (χ1v) is 7.26. The molecule has 1 atom stereocenters. The minimum absolute atomic E-state index is 0.0240. The van der Waals surface area contributed by atoms with Crippen molar-refractivity contribution in [3.63, 3.8) is 0 Å². The lowest BCUT2D eigenvalue weighted by Crippen LogP contribution is -2.32. The molecule has 0 saturated heterocycles. The van der Waals surface area contributed by atoms with E-state index in [1.54, 1.807) is 13.8 Å². The van der Waals surface area contributed by atoms with Gasteiger partial charge < -0.3 is 10.4 Å². The second-order valence-electron chi connectivity index (χ2n) is 5.72. The Morgan fingerprint density at radius 2 is 1.90 bits per heavy atom. The van der Waals surface area contributed by atoms with E-state index in [9.17, 15) is 9.59 Å². The third kappa shape index (κ3) is 5.33. The molecule has 1 amide bonds. The fourth-order valence-electron chi connectivity index (χ4n) is 2.10. The molecular formula is C15H20BrNO3. The third-order valence-electron chi connectivity index (χ3n) is 3.02. The molecule has 1 aromatic rings. The van der Waals surface area contributed by atoms with E-state index in [2.05, 4.69) is 21.2 Å². The van der Waals surface area contributed by atoms with Gasteiger partial charge in [0.15, 0.2) is 0 Å². The number of carbonyl (C=O) groups excluding carboxylic acids is 1. The van der Waals surface area contributed by atoms with Gasteiger partial charge in [-0.15, -0.1) is 0 Å². The first-order chi connectivity index (χ1) is 9.21. The summed E-state index contributed by atoms with van der Waals surface area (Å²) in [6, 6.07) is 7.57. The summed E-state index contributed by atoms with van der Waals surface area (Å²) in [6.45, 7) is 5.47. The second kappa shape index (κ2) is 6.88. The van der Waals surface area contributed by atoms with Crippen LogP contribution in [0.25, 0.3) is 0 Å². The van der Waals surface area contributed by atoms with E-state index in [4.69, 9.17) is 5.11 Å². The van der Waals surface area contributed by atoms with Gasteiger partial charge in [0, 0.05) is 10.9 Å². The molecule has 2 N–H and O–H groups in total. The van der Waals surface area contributed by atoms with Gasteiger partial charge in [0.05, 0.1) is 12.5 Å². The highest BCUT2D eigenvalue weighted by molar-refractivity contribution is 9.10. The Bertz CT molecular complexity index is 500. The molecule has 0 saturated carbocycles. The van der Waals surface area contributed by atoms with Crippen LogP contribution in [0.5, 0.6) is 0 Å². The van der Waals surface area contributed by atoms with Crippen molar-refractivity contribution in [3.8, 4) is 0 Å². The molecule has 0 aliphatic carbocycles. The summed E-state index contributed by atoms with van der Waals surface area (Å²) >= 11 is 3.45. The van der Waals surface area contributed by atoms with Crippen LogP contribution in [0.4, 0.5) is 0 Å². The van der Waals surface area contributed by atoms with Crippen molar-refractivity contribution in [3.05, 3.63) is 34.3 Å². The molecule has 20 heavy (non-hydrogen) atoms. The van der Waals surface area contributed by atoms with Crippen LogP contribution in [0.2, 0.25) is 0 Å². The molecule has 0 bridgehead atoms. The summed E-state index contributed by atoms with van der Waals surface area (Å²) in [4.78, 5) is 22.8. The van der Waals surface area contributed by atoms with E-state index in [0.29, 0.717) is 0 Å². The Balaban J connectivity index is 2.63. The van der Waals surface area contributed by atoms with Crippen molar-refractivity contribution in [2.24, 2.45) is 5.41 Å². The predicted molar refractivity (Wildman–Crippen MR) is 81.4 cm³/mol. The molecule has 110 valence electrons. The number of amides is 1. The molecule has 0 spiro atoms. The van der Waals surface area contributed by atoms with Gasteiger partial charge in [-0.05, 0) is 24.0 Å². The molecule has 4 nitrogen and oxygen atoms in total. The van der Waals surface area contributed by atoms with Gasteiger partial charge in [0.2, 0.25) is 5.91 Å². The smallest absolute Gasteiger partial charge is 0.303 e. The molecule has 5 heteroatoms. The van der Waals surface area contributed by atoms with E-state index in [1.165, 1.54) is 0 Å². The number of carboxylic acid groups (broad SMARTS) is 1. The zero-order valence-electron chi connectivity index (χ0n) is 11.9. The average Bonchev–Trinajstić information content (AvgIpc) is 2.25. The van der Waals surface area contributed by atoms with Crippen LogP contribution < -0.4 is 5.32 Å². The lowest BCUT2D eigenvalue weighted by molar-refractivity contribution is -0.139. The number of rotatable bonds is 6. The minimum Gasteiger partial charge on any atom is -0.481 e. The van der Waals surface area contributed by atoms with Crippen LogP contribution in [0.15, 0.2) is 28.7 Å². The summed E-state index contributed by atoms with van der Waals surface area (Å²) in [5, 5.41) is 11.7. The van der Waals surface area contributed by atoms with Crippen LogP contribution in [0, 0.1) is 5.41 Å². The Morgan fingerprint density at radius 1 is 1.30 bits per heavy atom. The predicted octanol–water partition coefficient (Wildman–Crippen LogP) is 3.52. The number of nitrogens with one attached hydrogen (secondary N) is 1. The van der Waals surface area contributed by atoms with Gasteiger partial charge in [-0.1, -0.05) is 48.0 Å². The van der Waals surface area contributed by atoms with Crippen molar-refractivity contribution in [2.45, 2.75) is 39.7 Å². The number of benzene rings is 1. The Kier molecular flexibility index (Phi) is 5.74. The summed E-state index contributed by atoms with van der Waals surface area (Å²) in [6.07, 6.45) is 0.165. The van der Waals surface area contributed by atoms with Crippen molar-refractivity contribution >= 4 is 27.8 Å². The molecule has 0 heterocycles. The van der Waals surface area contributed by atoms with Gasteiger partial charge in [-0.2, -0.15) is 0 Å². The van der Waals surface area contributed by atoms with Crippen LogP contribution in [0.1, 0.15) is 45.2 Å². The van der Waals surface area contributed by atoms with Crippen LogP contribution in [-0.2, 0) is 9.59 Å². The Hall–Kier alpha value is -1.36. The molecule has 0 aliphatic rings. The zero-order chi connectivity index (χ0) is 15.3. The van der Waals surface area contributed by atoms with E-state index >= 15 is 0 Å². The number of carboxylic acids is 1. The quantitative estimate of drug-likeness (QED) is 0.831. The van der Waals surface area contributed by atoms with Crippen molar-refractivity contribution in [1.29, 1.82) is 0 Å². The first-order valence-electron chi connectivity index (χ1n) is 6.47. The van der Waals surface area contributed by atoms with Crippen LogP contribution >= 0.6 is 15.9 Å². The summed E-state index contributed by atoms with van der Waals surface area (Å²) in [5.74, 6) is -1.03. The molecule has 0 fully saturated rings. The van der Waals surface area contributed by atoms with E-state index in [1.807, 2.05) is 31.2 Å². The highest BCUT2D eigenvalue weighted by Gasteiger charge is 2.26. The van der Waals surface area contributed by atoms with Crippen molar-refractivity contribution in [1.82, 2.24) is 5.32 Å². The van der Waals surface area contributed by atoms with Crippen LogP contribution in [-0.4, -0.2) is 17.0 Å². The number of halogens is 1. The molecule has 0 aromatic heterocycles. The summed E-state index contributed by atoms with van der Waals surface area (Å²) in [5.41, 5.74) is 0.445. The van der Waals surface area contributed by atoms with E-state index < -0.39 is 11.4 Å². The van der Waals surface area contributed by atoms with Gasteiger partial charge in [-0.25, -0.2) is 0 Å². The maximum Gasteiger partial charge on any atom is 0.303 e. The molecule has 0 aliphatic heterocycles. The summed E-state index contributed by atoms with van der Waals surface area (Å²) in [7, 11) is 0. The molecule has 1 aromatic carbocycles. The fraction of sp³-hybridized carbons (Fsp3) is 0.467. The standard InChI is InChI=1S/C15H20BrNO3/c1-10(11-6-4-5-7-12(11)16)17-13(18)8-15(2,3)9-14(19)20/h4-7,10H,8-9H2,1-3H3,(H,17,18)(H,19,20). The fourth-order valence-corrected chi connectivity index (χ4v) is 2.73. The van der Waals surface area contributed by atoms with Crippen molar-refractivity contribution in [2.75, 3.05) is 0 Å². The summed E-state index contributed by atoms with van der Waals surface area (Å²) < 4.78 is 0.942. The average molecular weight is 342 g/mol. The first kappa shape index (κ1) is 16.7. The second-order valence-corrected chi connectivity index (χ2v) is 6.58. The number of hydrogen-bond acceptors (Lipinski definition) is 2. The molecule has 1 unspecified atom stereocenters. The van der Waals surface area contributed by atoms with Gasteiger partial charge in [0.1, 0.15) is 0 Å². The van der Waals surface area contributed by atoms with E-state index in [-0.39, 0.29) is 24.8 Å². The highest BCUT2D eigenvalue weighted by Crippen LogP contribution is 2.26. The van der Waals surface area contributed by atoms with Gasteiger partial charge >= 0.3 is 5.97 Å². The maximum atomic E-state index is 12.0. The lowest BCUT2D eigenvalue weighted by Gasteiger charge is -2.23. The van der Waals surface area contributed by atoms with Gasteiger partial charge in [0.25, 0.3) is 0 Å². The monoisotopic (exact) mass is 341 g/mol. The lowest BCUT2D eigenvalue weighted by atomic mass is 9.85.